The Balaban J connectivity index is 1.62. The van der Waals surface area contributed by atoms with Gasteiger partial charge in [-0.15, -0.1) is 11.3 Å². The van der Waals surface area contributed by atoms with Crippen LogP contribution in [-0.4, -0.2) is 17.6 Å². The van der Waals surface area contributed by atoms with Crippen molar-refractivity contribution >= 4 is 17.3 Å². The zero-order valence-corrected chi connectivity index (χ0v) is 12.1. The van der Waals surface area contributed by atoms with Gasteiger partial charge in [0.05, 0.1) is 12.6 Å². The molecule has 0 saturated carbocycles. The lowest BCUT2D eigenvalue weighted by atomic mass is 10.00. The number of thiophene rings is 1. The summed E-state index contributed by atoms with van der Waals surface area (Å²) in [5.41, 5.74) is 5.11. The highest BCUT2D eigenvalue weighted by Gasteiger charge is 2.32. The summed E-state index contributed by atoms with van der Waals surface area (Å²) in [6.45, 7) is 0.995. The van der Waals surface area contributed by atoms with E-state index in [1.165, 1.54) is 11.3 Å². The van der Waals surface area contributed by atoms with Crippen molar-refractivity contribution in [3.05, 3.63) is 57.8 Å². The van der Waals surface area contributed by atoms with Gasteiger partial charge in [0.25, 0.3) is 0 Å². The minimum absolute atomic E-state index is 0.0365. The van der Waals surface area contributed by atoms with Gasteiger partial charge in [0, 0.05) is 11.4 Å². The van der Waals surface area contributed by atoms with E-state index in [0.717, 1.165) is 16.0 Å². The van der Waals surface area contributed by atoms with Gasteiger partial charge < -0.3 is 5.11 Å². The summed E-state index contributed by atoms with van der Waals surface area (Å²) in [4.78, 5) is 17.6. The third kappa shape index (κ3) is 3.14. The average Bonchev–Trinajstić information content (AvgIpc) is 2.98. The number of fused-ring (bicyclic) bond motifs is 1. The van der Waals surface area contributed by atoms with Gasteiger partial charge in [0.1, 0.15) is 6.04 Å². The molecule has 0 fully saturated rings. The first kappa shape index (κ1) is 14.2. The number of rotatable bonds is 5. The second kappa shape index (κ2) is 6.36. The maximum atomic E-state index is 11.2. The van der Waals surface area contributed by atoms with E-state index in [0.29, 0.717) is 13.2 Å². The zero-order valence-electron chi connectivity index (χ0n) is 11.3. The number of hydroxylamine groups is 1. The van der Waals surface area contributed by atoms with Gasteiger partial charge in [0.15, 0.2) is 0 Å². The number of hydrogen-bond acceptors (Lipinski definition) is 5. The first-order valence-corrected chi connectivity index (χ1v) is 7.58. The highest BCUT2D eigenvalue weighted by molar-refractivity contribution is 7.10. The average molecular weight is 304 g/mol. The molecule has 1 aromatic heterocycles. The summed E-state index contributed by atoms with van der Waals surface area (Å²) in [6, 6.07) is 11.2. The molecule has 2 heterocycles. The maximum absolute atomic E-state index is 11.2. The van der Waals surface area contributed by atoms with Crippen LogP contribution in [0.15, 0.2) is 41.8 Å². The van der Waals surface area contributed by atoms with Gasteiger partial charge >= 0.3 is 5.97 Å². The highest BCUT2D eigenvalue weighted by Crippen LogP contribution is 2.33. The highest BCUT2D eigenvalue weighted by atomic mass is 32.1. The van der Waals surface area contributed by atoms with E-state index >= 15 is 0 Å². The molecular formula is C15H16N2O3S. The molecule has 0 amide bonds. The Hall–Kier alpha value is -1.73. The predicted molar refractivity (Wildman–Crippen MR) is 79.8 cm³/mol. The number of carboxylic acid groups (broad SMARTS) is 1. The Morgan fingerprint density at radius 2 is 2.19 bits per heavy atom. The van der Waals surface area contributed by atoms with Crippen LogP contribution in [-0.2, 0) is 16.2 Å². The largest absolute Gasteiger partial charge is 0.480 e. The lowest BCUT2D eigenvalue weighted by Crippen LogP contribution is -2.41. The minimum atomic E-state index is -0.845. The second-order valence-corrected chi connectivity index (χ2v) is 5.81. The van der Waals surface area contributed by atoms with Gasteiger partial charge in [-0.3, -0.25) is 14.9 Å². The van der Waals surface area contributed by atoms with Gasteiger partial charge in [0.2, 0.25) is 0 Å². The molecule has 0 aliphatic carbocycles. The molecular weight excluding hydrogens is 288 g/mol. The van der Waals surface area contributed by atoms with E-state index in [4.69, 9.17) is 4.84 Å². The van der Waals surface area contributed by atoms with Gasteiger partial charge in [-0.05, 0) is 22.6 Å². The van der Waals surface area contributed by atoms with Crippen molar-refractivity contribution in [2.24, 2.45) is 0 Å². The molecule has 21 heavy (non-hydrogen) atoms. The Morgan fingerprint density at radius 1 is 1.38 bits per heavy atom. The summed E-state index contributed by atoms with van der Waals surface area (Å²) in [5.74, 6) is -0.845. The van der Waals surface area contributed by atoms with E-state index in [1.807, 2.05) is 41.8 Å². The normalized spacial score (nSPS) is 21.0. The van der Waals surface area contributed by atoms with Crippen LogP contribution >= 0.6 is 11.3 Å². The Bertz CT molecular complexity index is 614. The summed E-state index contributed by atoms with van der Waals surface area (Å²) >= 11 is 1.46. The Morgan fingerprint density at radius 3 is 2.95 bits per heavy atom. The summed E-state index contributed by atoms with van der Waals surface area (Å²) in [7, 11) is 0. The van der Waals surface area contributed by atoms with Crippen molar-refractivity contribution in [2.75, 3.05) is 6.54 Å². The first-order chi connectivity index (χ1) is 10.3. The number of carbonyl (C=O) groups is 1. The van der Waals surface area contributed by atoms with Crippen molar-refractivity contribution in [1.29, 1.82) is 0 Å². The van der Waals surface area contributed by atoms with Crippen molar-refractivity contribution < 1.29 is 14.7 Å². The van der Waals surface area contributed by atoms with Crippen LogP contribution in [0.5, 0.6) is 0 Å². The van der Waals surface area contributed by atoms with Crippen molar-refractivity contribution in [2.45, 2.75) is 18.7 Å². The second-order valence-electron chi connectivity index (χ2n) is 4.86. The van der Waals surface area contributed by atoms with Crippen LogP contribution in [0.1, 0.15) is 28.1 Å². The maximum Gasteiger partial charge on any atom is 0.326 e. The Kier molecular flexibility index (Phi) is 4.31. The topological polar surface area (TPSA) is 70.6 Å². The van der Waals surface area contributed by atoms with E-state index in [1.54, 1.807) is 0 Å². The Labute approximate surface area is 126 Å². The standard InChI is InChI=1S/C15H16N2O3S/c18-15(19)13-14-11(6-7-21-14)12(8-16-13)17-20-9-10-4-2-1-3-5-10/h1-7,12-13,16-17H,8-9H2,(H,18,19). The fraction of sp³-hybridized carbons (Fsp3) is 0.267. The summed E-state index contributed by atoms with van der Waals surface area (Å²) < 4.78 is 0. The van der Waals surface area contributed by atoms with Gasteiger partial charge in [-0.1, -0.05) is 30.3 Å². The SMILES string of the molecule is O=C(O)C1NCC(NOCc2ccccc2)c2ccsc21. The van der Waals surface area contributed by atoms with Crippen LogP contribution in [0.2, 0.25) is 0 Å². The molecule has 1 aliphatic rings. The molecule has 0 saturated heterocycles. The number of nitrogens with one attached hydrogen (secondary N) is 2. The number of benzene rings is 1. The van der Waals surface area contributed by atoms with Crippen molar-refractivity contribution in [3.63, 3.8) is 0 Å². The van der Waals surface area contributed by atoms with Crippen LogP contribution in [0.4, 0.5) is 0 Å². The lowest BCUT2D eigenvalue weighted by molar-refractivity contribution is -0.140. The molecule has 110 valence electrons. The van der Waals surface area contributed by atoms with Crippen molar-refractivity contribution in [1.82, 2.24) is 10.8 Å². The fourth-order valence-electron chi connectivity index (χ4n) is 2.40. The fourth-order valence-corrected chi connectivity index (χ4v) is 3.42. The molecule has 5 nitrogen and oxygen atoms in total. The third-order valence-electron chi connectivity index (χ3n) is 3.45. The number of hydrogen-bond donors (Lipinski definition) is 3. The summed E-state index contributed by atoms with van der Waals surface area (Å²) in [6.07, 6.45) is 0. The quantitative estimate of drug-likeness (QED) is 0.739. The molecule has 1 aliphatic heterocycles. The van der Waals surface area contributed by atoms with Crippen LogP contribution in [0.3, 0.4) is 0 Å². The van der Waals surface area contributed by atoms with Crippen LogP contribution in [0, 0.1) is 0 Å². The van der Waals surface area contributed by atoms with Crippen molar-refractivity contribution in [3.8, 4) is 0 Å². The van der Waals surface area contributed by atoms with E-state index in [2.05, 4.69) is 10.8 Å². The smallest absolute Gasteiger partial charge is 0.326 e. The van der Waals surface area contributed by atoms with Gasteiger partial charge in [-0.2, -0.15) is 5.48 Å². The molecule has 0 bridgehead atoms. The van der Waals surface area contributed by atoms with E-state index in [9.17, 15) is 9.90 Å². The van der Waals surface area contributed by atoms with Crippen LogP contribution < -0.4 is 10.8 Å². The zero-order chi connectivity index (χ0) is 14.7. The minimum Gasteiger partial charge on any atom is -0.480 e. The molecule has 2 aromatic rings. The third-order valence-corrected chi connectivity index (χ3v) is 4.44. The monoisotopic (exact) mass is 304 g/mol. The summed E-state index contributed by atoms with van der Waals surface area (Å²) in [5, 5.41) is 14.2. The molecule has 3 rings (SSSR count). The molecule has 1 aromatic carbocycles. The predicted octanol–water partition coefficient (Wildman–Crippen LogP) is 2.24. The van der Waals surface area contributed by atoms with E-state index < -0.39 is 12.0 Å². The molecule has 6 heteroatoms. The molecule has 0 radical (unpaired) electrons. The van der Waals surface area contributed by atoms with Gasteiger partial charge in [-0.25, -0.2) is 0 Å². The molecule has 2 atom stereocenters. The molecule has 2 unspecified atom stereocenters. The lowest BCUT2D eigenvalue weighted by Gasteiger charge is -2.28. The van der Waals surface area contributed by atoms with Crippen LogP contribution in [0.25, 0.3) is 0 Å². The number of aliphatic carboxylic acids is 1. The first-order valence-electron chi connectivity index (χ1n) is 6.70. The molecule has 0 spiro atoms. The molecule has 3 N–H and O–H groups in total. The van der Waals surface area contributed by atoms with E-state index in [-0.39, 0.29) is 6.04 Å². The number of carboxylic acids is 1.